The third-order valence-electron chi connectivity index (χ3n) is 3.75. The van der Waals surface area contributed by atoms with Crippen LogP contribution in [-0.2, 0) is 0 Å². The van der Waals surface area contributed by atoms with Crippen molar-refractivity contribution in [3.8, 4) is 0 Å². The number of hydrogen-bond acceptors (Lipinski definition) is 2. The zero-order chi connectivity index (χ0) is 14.1. The molecule has 5 heteroatoms. The minimum absolute atomic E-state index is 0.0403. The van der Waals surface area contributed by atoms with E-state index in [2.05, 4.69) is 38.2 Å². The van der Waals surface area contributed by atoms with Gasteiger partial charge in [-0.15, -0.1) is 0 Å². The van der Waals surface area contributed by atoms with Crippen LogP contribution in [0.1, 0.15) is 23.3 Å². The Labute approximate surface area is 126 Å². The molecule has 1 aliphatic carbocycles. The summed E-state index contributed by atoms with van der Waals surface area (Å²) in [5.41, 5.74) is 1.59. The molecule has 0 atom stereocenters. The quantitative estimate of drug-likeness (QED) is 0.882. The van der Waals surface area contributed by atoms with Crippen molar-refractivity contribution >= 4 is 32.7 Å². The SMILES string of the molecule is CN(CCNC(=O)c1cc2ccc(Br)cc2[nH]1)C1CC1. The maximum Gasteiger partial charge on any atom is 0.267 e. The van der Waals surface area contributed by atoms with E-state index in [9.17, 15) is 4.79 Å². The molecule has 1 fully saturated rings. The van der Waals surface area contributed by atoms with Crippen LogP contribution in [0.2, 0.25) is 0 Å². The van der Waals surface area contributed by atoms with Crippen molar-refractivity contribution in [2.24, 2.45) is 0 Å². The average molecular weight is 336 g/mol. The first-order chi connectivity index (χ1) is 9.63. The lowest BCUT2D eigenvalue weighted by atomic mass is 10.2. The number of likely N-dealkylation sites (N-methyl/N-ethyl adjacent to an activating group) is 1. The zero-order valence-electron chi connectivity index (χ0n) is 11.4. The second-order valence-electron chi connectivity index (χ2n) is 5.38. The summed E-state index contributed by atoms with van der Waals surface area (Å²) in [5.74, 6) is -0.0403. The van der Waals surface area contributed by atoms with Crippen LogP contribution in [0.4, 0.5) is 0 Å². The summed E-state index contributed by atoms with van der Waals surface area (Å²) in [6.07, 6.45) is 2.59. The van der Waals surface area contributed by atoms with Crippen molar-refractivity contribution < 1.29 is 4.79 Å². The Morgan fingerprint density at radius 2 is 2.25 bits per heavy atom. The summed E-state index contributed by atoms with van der Waals surface area (Å²) < 4.78 is 1.00. The van der Waals surface area contributed by atoms with Gasteiger partial charge in [0, 0.05) is 34.5 Å². The predicted octanol–water partition coefficient (Wildman–Crippen LogP) is 2.75. The third kappa shape index (κ3) is 3.04. The fourth-order valence-corrected chi connectivity index (χ4v) is 2.72. The van der Waals surface area contributed by atoms with E-state index in [0.717, 1.165) is 28.0 Å². The summed E-state index contributed by atoms with van der Waals surface area (Å²) in [7, 11) is 2.12. The van der Waals surface area contributed by atoms with Gasteiger partial charge in [-0.3, -0.25) is 4.79 Å². The maximum absolute atomic E-state index is 12.1. The van der Waals surface area contributed by atoms with Crippen LogP contribution >= 0.6 is 15.9 Å². The molecule has 0 aliphatic heterocycles. The molecule has 106 valence electrons. The van der Waals surface area contributed by atoms with Crippen molar-refractivity contribution in [1.29, 1.82) is 0 Å². The maximum atomic E-state index is 12.1. The molecule has 2 N–H and O–H groups in total. The van der Waals surface area contributed by atoms with Gasteiger partial charge in [-0.25, -0.2) is 0 Å². The van der Waals surface area contributed by atoms with Crippen LogP contribution in [0.5, 0.6) is 0 Å². The molecule has 1 heterocycles. The van der Waals surface area contributed by atoms with Crippen molar-refractivity contribution in [3.05, 3.63) is 34.4 Å². The molecule has 2 aromatic rings. The van der Waals surface area contributed by atoms with Crippen molar-refractivity contribution in [2.75, 3.05) is 20.1 Å². The molecular formula is C15H18BrN3O. The molecule has 1 saturated carbocycles. The lowest BCUT2D eigenvalue weighted by Crippen LogP contribution is -2.34. The zero-order valence-corrected chi connectivity index (χ0v) is 13.0. The van der Waals surface area contributed by atoms with Gasteiger partial charge in [-0.1, -0.05) is 22.0 Å². The summed E-state index contributed by atoms with van der Waals surface area (Å²) in [6.45, 7) is 1.59. The Balaban J connectivity index is 1.60. The minimum atomic E-state index is -0.0403. The minimum Gasteiger partial charge on any atom is -0.350 e. The van der Waals surface area contributed by atoms with Gasteiger partial charge >= 0.3 is 0 Å². The molecule has 0 unspecified atom stereocenters. The topological polar surface area (TPSA) is 48.1 Å². The van der Waals surface area contributed by atoms with Gasteiger partial charge in [0.05, 0.1) is 0 Å². The van der Waals surface area contributed by atoms with E-state index in [1.165, 1.54) is 12.8 Å². The number of fused-ring (bicyclic) bond motifs is 1. The van der Waals surface area contributed by atoms with Gasteiger partial charge in [-0.05, 0) is 38.1 Å². The third-order valence-corrected chi connectivity index (χ3v) is 4.24. The molecule has 20 heavy (non-hydrogen) atoms. The van der Waals surface area contributed by atoms with Crippen LogP contribution in [0.25, 0.3) is 10.9 Å². The molecule has 4 nitrogen and oxygen atoms in total. The molecule has 1 aromatic carbocycles. The van der Waals surface area contributed by atoms with Gasteiger partial charge in [0.2, 0.25) is 0 Å². The Morgan fingerprint density at radius 1 is 1.45 bits per heavy atom. The molecule has 1 aliphatic rings. The molecule has 3 rings (SSSR count). The smallest absolute Gasteiger partial charge is 0.267 e. The highest BCUT2D eigenvalue weighted by Crippen LogP contribution is 2.24. The number of aromatic amines is 1. The van der Waals surface area contributed by atoms with Crippen LogP contribution in [0.15, 0.2) is 28.7 Å². The summed E-state index contributed by atoms with van der Waals surface area (Å²) in [5, 5.41) is 4.01. The second-order valence-corrected chi connectivity index (χ2v) is 6.30. The lowest BCUT2D eigenvalue weighted by molar-refractivity contribution is 0.0945. The van der Waals surface area contributed by atoms with E-state index < -0.39 is 0 Å². The number of aromatic nitrogens is 1. The van der Waals surface area contributed by atoms with Crippen molar-refractivity contribution in [2.45, 2.75) is 18.9 Å². The number of benzene rings is 1. The first kappa shape index (κ1) is 13.6. The van der Waals surface area contributed by atoms with E-state index in [0.29, 0.717) is 12.2 Å². The van der Waals surface area contributed by atoms with Crippen LogP contribution in [0, 0.1) is 0 Å². The van der Waals surface area contributed by atoms with Crippen LogP contribution in [-0.4, -0.2) is 42.0 Å². The predicted molar refractivity (Wildman–Crippen MR) is 84.0 cm³/mol. The molecule has 1 amide bonds. The Morgan fingerprint density at radius 3 is 3.00 bits per heavy atom. The molecular weight excluding hydrogens is 318 g/mol. The number of H-pyrrole nitrogens is 1. The fraction of sp³-hybridized carbons (Fsp3) is 0.400. The van der Waals surface area contributed by atoms with Crippen LogP contribution in [0.3, 0.4) is 0 Å². The average Bonchev–Trinajstić information content (AvgIpc) is 3.18. The van der Waals surface area contributed by atoms with E-state index in [4.69, 9.17) is 0 Å². The van der Waals surface area contributed by atoms with Crippen molar-refractivity contribution in [1.82, 2.24) is 15.2 Å². The molecule has 0 bridgehead atoms. The van der Waals surface area contributed by atoms with E-state index in [-0.39, 0.29) is 5.91 Å². The van der Waals surface area contributed by atoms with Gasteiger partial charge in [0.25, 0.3) is 5.91 Å². The molecule has 1 aromatic heterocycles. The summed E-state index contributed by atoms with van der Waals surface area (Å²) in [6, 6.07) is 8.57. The summed E-state index contributed by atoms with van der Waals surface area (Å²) in [4.78, 5) is 17.6. The monoisotopic (exact) mass is 335 g/mol. The standard InChI is InChI=1S/C15H18BrN3O/c1-19(12-4-5-12)7-6-17-15(20)14-8-10-2-3-11(16)9-13(10)18-14/h2-3,8-9,12,18H,4-7H2,1H3,(H,17,20). The number of hydrogen-bond donors (Lipinski definition) is 2. The largest absolute Gasteiger partial charge is 0.350 e. The number of rotatable bonds is 5. The first-order valence-electron chi connectivity index (χ1n) is 6.90. The Bertz CT molecular complexity index is 633. The van der Waals surface area contributed by atoms with Gasteiger partial charge < -0.3 is 15.2 Å². The number of carbonyl (C=O) groups is 1. The Kier molecular flexibility index (Phi) is 3.81. The van der Waals surface area contributed by atoms with Gasteiger partial charge in [-0.2, -0.15) is 0 Å². The molecule has 0 spiro atoms. The molecule has 0 radical (unpaired) electrons. The molecule has 0 saturated heterocycles. The number of halogens is 1. The highest BCUT2D eigenvalue weighted by molar-refractivity contribution is 9.10. The highest BCUT2D eigenvalue weighted by atomic mass is 79.9. The van der Waals surface area contributed by atoms with E-state index >= 15 is 0 Å². The van der Waals surface area contributed by atoms with Crippen LogP contribution < -0.4 is 5.32 Å². The fourth-order valence-electron chi connectivity index (χ4n) is 2.36. The second kappa shape index (κ2) is 5.58. The number of nitrogens with zero attached hydrogens (tertiary/aromatic N) is 1. The number of amides is 1. The van der Waals surface area contributed by atoms with E-state index in [1.807, 2.05) is 24.3 Å². The van der Waals surface area contributed by atoms with Gasteiger partial charge in [0.15, 0.2) is 0 Å². The number of nitrogens with one attached hydrogen (secondary N) is 2. The van der Waals surface area contributed by atoms with Crippen molar-refractivity contribution in [3.63, 3.8) is 0 Å². The summed E-state index contributed by atoms with van der Waals surface area (Å²) >= 11 is 3.43. The van der Waals surface area contributed by atoms with E-state index in [1.54, 1.807) is 0 Å². The highest BCUT2D eigenvalue weighted by Gasteiger charge is 2.25. The normalized spacial score (nSPS) is 14.9. The Hall–Kier alpha value is -1.33. The van der Waals surface area contributed by atoms with Gasteiger partial charge in [0.1, 0.15) is 5.69 Å². The lowest BCUT2D eigenvalue weighted by Gasteiger charge is -2.15. The number of carbonyl (C=O) groups excluding carboxylic acids is 1. The first-order valence-corrected chi connectivity index (χ1v) is 7.69.